The standard InChI is InChI=1S/C21H20Cl2N2O5S/c1-13-7-8-14-5-4-6-18(21(14)24-13)29-11-15-16(22)9-10-17(20(15)23)25(2)19(26)12-30-31(3,27)28/h4-10H,11-12H2,1-3H3. The molecule has 10 heteroatoms. The van der Waals surface area contributed by atoms with Crippen LogP contribution in [0.4, 0.5) is 5.69 Å². The lowest BCUT2D eigenvalue weighted by Gasteiger charge is -2.21. The van der Waals surface area contributed by atoms with Gasteiger partial charge in [-0.2, -0.15) is 8.42 Å². The molecule has 164 valence electrons. The zero-order valence-corrected chi connectivity index (χ0v) is 19.4. The molecule has 0 radical (unpaired) electrons. The van der Waals surface area contributed by atoms with Crippen molar-refractivity contribution in [2.75, 3.05) is 24.8 Å². The van der Waals surface area contributed by atoms with E-state index in [1.165, 1.54) is 11.9 Å². The van der Waals surface area contributed by atoms with Crippen LogP contribution in [0.15, 0.2) is 42.5 Å². The Labute approximate surface area is 190 Å². The number of likely N-dealkylation sites (N-methyl/N-ethyl adjacent to an activating group) is 1. The summed E-state index contributed by atoms with van der Waals surface area (Å²) >= 11 is 12.8. The summed E-state index contributed by atoms with van der Waals surface area (Å²) in [7, 11) is -2.28. The highest BCUT2D eigenvalue weighted by Gasteiger charge is 2.20. The Morgan fingerprint density at radius 2 is 1.87 bits per heavy atom. The van der Waals surface area contributed by atoms with Gasteiger partial charge in [0.1, 0.15) is 24.5 Å². The summed E-state index contributed by atoms with van der Waals surface area (Å²) < 4.78 is 32.8. The second-order valence-electron chi connectivity index (χ2n) is 6.85. The molecular weight excluding hydrogens is 463 g/mol. The van der Waals surface area contributed by atoms with E-state index in [0.717, 1.165) is 22.9 Å². The predicted molar refractivity (Wildman–Crippen MR) is 121 cm³/mol. The quantitative estimate of drug-likeness (QED) is 0.464. The Morgan fingerprint density at radius 1 is 1.13 bits per heavy atom. The fourth-order valence-electron chi connectivity index (χ4n) is 2.85. The average molecular weight is 483 g/mol. The predicted octanol–water partition coefficient (Wildman–Crippen LogP) is 4.37. The molecule has 0 aliphatic rings. The summed E-state index contributed by atoms with van der Waals surface area (Å²) in [5.74, 6) is -0.0139. The highest BCUT2D eigenvalue weighted by Crippen LogP contribution is 2.35. The van der Waals surface area contributed by atoms with Gasteiger partial charge in [-0.05, 0) is 31.2 Å². The van der Waals surface area contributed by atoms with Gasteiger partial charge in [0, 0.05) is 28.7 Å². The molecule has 1 amide bonds. The van der Waals surface area contributed by atoms with Gasteiger partial charge in [-0.15, -0.1) is 0 Å². The van der Waals surface area contributed by atoms with E-state index >= 15 is 0 Å². The zero-order chi connectivity index (χ0) is 22.8. The highest BCUT2D eigenvalue weighted by atomic mass is 35.5. The molecule has 0 bridgehead atoms. The second kappa shape index (κ2) is 9.40. The van der Waals surface area contributed by atoms with Crippen molar-refractivity contribution in [3.05, 3.63) is 63.8 Å². The maximum Gasteiger partial charge on any atom is 0.264 e. The Kier molecular flexibility index (Phi) is 7.06. The highest BCUT2D eigenvalue weighted by molar-refractivity contribution is 7.86. The van der Waals surface area contributed by atoms with Crippen LogP contribution < -0.4 is 9.64 Å². The van der Waals surface area contributed by atoms with Crippen molar-refractivity contribution >= 4 is 55.8 Å². The van der Waals surface area contributed by atoms with E-state index in [1.807, 2.05) is 31.2 Å². The van der Waals surface area contributed by atoms with E-state index in [2.05, 4.69) is 9.17 Å². The molecule has 0 N–H and O–H groups in total. The number of nitrogens with zero attached hydrogens (tertiary/aromatic N) is 2. The molecular formula is C21H20Cl2N2O5S. The van der Waals surface area contributed by atoms with E-state index in [-0.39, 0.29) is 11.6 Å². The fourth-order valence-corrected chi connectivity index (χ4v) is 3.77. The molecule has 1 aromatic heterocycles. The van der Waals surface area contributed by atoms with Gasteiger partial charge in [0.15, 0.2) is 0 Å². The van der Waals surface area contributed by atoms with Crippen LogP contribution in [0.25, 0.3) is 10.9 Å². The van der Waals surface area contributed by atoms with E-state index < -0.39 is 22.6 Å². The molecule has 7 nitrogen and oxygen atoms in total. The first-order chi connectivity index (χ1) is 14.6. The molecule has 0 fully saturated rings. The first-order valence-corrected chi connectivity index (χ1v) is 11.7. The van der Waals surface area contributed by atoms with Gasteiger partial charge < -0.3 is 9.64 Å². The summed E-state index contributed by atoms with van der Waals surface area (Å²) in [5, 5.41) is 1.52. The summed E-state index contributed by atoms with van der Waals surface area (Å²) in [4.78, 5) is 18.0. The zero-order valence-electron chi connectivity index (χ0n) is 17.1. The number of halogens is 2. The van der Waals surface area contributed by atoms with Crippen LogP contribution in [0.1, 0.15) is 11.3 Å². The number of aromatic nitrogens is 1. The number of rotatable bonds is 7. The lowest BCUT2D eigenvalue weighted by molar-refractivity contribution is -0.120. The number of aryl methyl sites for hydroxylation is 1. The molecule has 0 aliphatic heterocycles. The number of para-hydroxylation sites is 1. The molecule has 0 atom stereocenters. The van der Waals surface area contributed by atoms with E-state index in [1.54, 1.807) is 18.2 Å². The minimum atomic E-state index is -3.75. The van der Waals surface area contributed by atoms with E-state index in [0.29, 0.717) is 22.0 Å². The SMILES string of the molecule is Cc1ccc2cccc(OCc3c(Cl)ccc(N(C)C(=O)COS(C)(=O)=O)c3Cl)c2n1. The number of carbonyl (C=O) groups is 1. The minimum absolute atomic E-state index is 0.0438. The van der Waals surface area contributed by atoms with Gasteiger partial charge in [-0.1, -0.05) is 41.4 Å². The van der Waals surface area contributed by atoms with Gasteiger partial charge in [-0.25, -0.2) is 4.98 Å². The number of amides is 1. The minimum Gasteiger partial charge on any atom is -0.487 e. The lowest BCUT2D eigenvalue weighted by Crippen LogP contribution is -2.31. The monoisotopic (exact) mass is 482 g/mol. The third-order valence-electron chi connectivity index (χ3n) is 4.49. The number of hydrogen-bond acceptors (Lipinski definition) is 6. The third kappa shape index (κ3) is 5.65. The number of benzene rings is 2. The van der Waals surface area contributed by atoms with Crippen LogP contribution in [-0.2, 0) is 25.7 Å². The molecule has 0 saturated heterocycles. The molecule has 3 rings (SSSR count). The Bertz CT molecular complexity index is 1250. The first-order valence-electron chi connectivity index (χ1n) is 9.14. The van der Waals surface area contributed by atoms with Gasteiger partial charge in [-0.3, -0.25) is 8.98 Å². The largest absolute Gasteiger partial charge is 0.487 e. The summed E-state index contributed by atoms with van der Waals surface area (Å²) in [6.07, 6.45) is 0.870. The number of fused-ring (bicyclic) bond motifs is 1. The number of hydrogen-bond donors (Lipinski definition) is 0. The summed E-state index contributed by atoms with van der Waals surface area (Å²) in [6, 6.07) is 12.6. The maximum absolute atomic E-state index is 12.3. The van der Waals surface area contributed by atoms with Crippen LogP contribution in [-0.4, -0.2) is 39.2 Å². The normalized spacial score (nSPS) is 11.5. The van der Waals surface area contributed by atoms with Gasteiger partial charge in [0.05, 0.1) is 17.0 Å². The van der Waals surface area contributed by atoms with Crippen LogP contribution >= 0.6 is 23.2 Å². The number of carbonyl (C=O) groups excluding carboxylic acids is 1. The van der Waals surface area contributed by atoms with Crippen LogP contribution in [0, 0.1) is 6.92 Å². The van der Waals surface area contributed by atoms with Crippen molar-refractivity contribution in [3.63, 3.8) is 0 Å². The van der Waals surface area contributed by atoms with Gasteiger partial charge in [0.25, 0.3) is 16.0 Å². The topological polar surface area (TPSA) is 85.8 Å². The van der Waals surface area contributed by atoms with Crippen molar-refractivity contribution < 1.29 is 22.1 Å². The molecule has 2 aromatic carbocycles. The van der Waals surface area contributed by atoms with Crippen LogP contribution in [0.5, 0.6) is 5.75 Å². The second-order valence-corrected chi connectivity index (χ2v) is 9.28. The molecule has 0 aliphatic carbocycles. The van der Waals surface area contributed by atoms with Crippen molar-refractivity contribution in [2.24, 2.45) is 0 Å². The third-order valence-corrected chi connectivity index (χ3v) is 5.81. The van der Waals surface area contributed by atoms with Crippen molar-refractivity contribution in [3.8, 4) is 5.75 Å². The molecule has 1 heterocycles. The number of ether oxygens (including phenoxy) is 1. The molecule has 3 aromatic rings. The molecule has 31 heavy (non-hydrogen) atoms. The Morgan fingerprint density at radius 3 is 2.58 bits per heavy atom. The summed E-state index contributed by atoms with van der Waals surface area (Å²) in [6.45, 7) is 1.30. The molecule has 0 spiro atoms. The number of anilines is 1. The van der Waals surface area contributed by atoms with Crippen molar-refractivity contribution in [2.45, 2.75) is 13.5 Å². The van der Waals surface area contributed by atoms with Crippen molar-refractivity contribution in [1.29, 1.82) is 0 Å². The molecule has 0 unspecified atom stereocenters. The lowest BCUT2D eigenvalue weighted by atomic mass is 10.1. The van der Waals surface area contributed by atoms with Crippen molar-refractivity contribution in [1.82, 2.24) is 4.98 Å². The average Bonchev–Trinajstić information content (AvgIpc) is 2.71. The smallest absolute Gasteiger partial charge is 0.264 e. The maximum atomic E-state index is 12.3. The summed E-state index contributed by atoms with van der Waals surface area (Å²) in [5.41, 5.74) is 2.40. The van der Waals surface area contributed by atoms with Gasteiger partial charge in [0.2, 0.25) is 0 Å². The van der Waals surface area contributed by atoms with E-state index in [9.17, 15) is 13.2 Å². The van der Waals surface area contributed by atoms with Crippen LogP contribution in [0.2, 0.25) is 10.0 Å². The van der Waals surface area contributed by atoms with Crippen LogP contribution in [0.3, 0.4) is 0 Å². The fraction of sp³-hybridized carbons (Fsp3) is 0.238. The molecule has 0 saturated carbocycles. The van der Waals surface area contributed by atoms with Gasteiger partial charge >= 0.3 is 0 Å². The van der Waals surface area contributed by atoms with E-state index in [4.69, 9.17) is 27.9 Å². The first kappa shape index (κ1) is 23.3. The number of pyridine rings is 1. The Hall–Kier alpha value is -2.39. The Balaban J connectivity index is 1.85.